The molecule has 4 nitrogen and oxygen atoms in total. The quantitative estimate of drug-likeness (QED) is 0.791. The molecular weight excluding hydrogens is 330 g/mol. The molecule has 1 aliphatic rings. The second-order valence-corrected chi connectivity index (χ2v) is 7.40. The summed E-state index contributed by atoms with van der Waals surface area (Å²) in [5.41, 5.74) is 1.97. The van der Waals surface area contributed by atoms with Gasteiger partial charge in [-0.3, -0.25) is 4.79 Å². The topological polar surface area (TPSA) is 46.9 Å². The van der Waals surface area contributed by atoms with Gasteiger partial charge >= 0.3 is 0 Å². The summed E-state index contributed by atoms with van der Waals surface area (Å²) in [6.45, 7) is 3.04. The van der Waals surface area contributed by atoms with E-state index in [0.717, 1.165) is 42.0 Å². The number of halogens is 1. The van der Waals surface area contributed by atoms with Crippen molar-refractivity contribution in [3.8, 4) is 0 Å². The SMILES string of the molecule is CCCn1c(SCC(=O)NC2CCCC2)nc2cc(Cl)ccc21. The summed E-state index contributed by atoms with van der Waals surface area (Å²) in [4.78, 5) is 16.8. The number of carbonyl (C=O) groups is 1. The fourth-order valence-electron chi connectivity index (χ4n) is 3.10. The largest absolute Gasteiger partial charge is 0.353 e. The van der Waals surface area contributed by atoms with Crippen molar-refractivity contribution in [2.24, 2.45) is 0 Å². The van der Waals surface area contributed by atoms with Crippen molar-refractivity contribution in [2.45, 2.75) is 56.8 Å². The van der Waals surface area contributed by atoms with Crippen LogP contribution in [-0.4, -0.2) is 27.3 Å². The summed E-state index contributed by atoms with van der Waals surface area (Å²) in [6, 6.07) is 6.14. The van der Waals surface area contributed by atoms with Crippen molar-refractivity contribution >= 4 is 40.3 Å². The van der Waals surface area contributed by atoms with Gasteiger partial charge in [-0.15, -0.1) is 0 Å². The van der Waals surface area contributed by atoms with Crippen molar-refractivity contribution in [2.75, 3.05) is 5.75 Å². The molecule has 0 saturated heterocycles. The summed E-state index contributed by atoms with van der Waals surface area (Å²) in [6.07, 6.45) is 5.71. The van der Waals surface area contributed by atoms with Gasteiger partial charge in [0.25, 0.3) is 0 Å². The normalized spacial score (nSPS) is 15.4. The van der Waals surface area contributed by atoms with Gasteiger partial charge < -0.3 is 9.88 Å². The lowest BCUT2D eigenvalue weighted by Gasteiger charge is -2.12. The molecule has 0 atom stereocenters. The number of hydrogen-bond donors (Lipinski definition) is 1. The zero-order valence-corrected chi connectivity index (χ0v) is 14.9. The molecule has 0 radical (unpaired) electrons. The van der Waals surface area contributed by atoms with Gasteiger partial charge in [-0.2, -0.15) is 0 Å². The molecule has 23 heavy (non-hydrogen) atoms. The molecule has 1 N–H and O–H groups in total. The summed E-state index contributed by atoms with van der Waals surface area (Å²) in [5, 5.41) is 4.71. The van der Waals surface area contributed by atoms with Crippen LogP contribution in [0.5, 0.6) is 0 Å². The van der Waals surface area contributed by atoms with Crippen LogP contribution < -0.4 is 5.32 Å². The maximum absolute atomic E-state index is 12.1. The monoisotopic (exact) mass is 351 g/mol. The first-order chi connectivity index (χ1) is 11.2. The van der Waals surface area contributed by atoms with E-state index in [1.807, 2.05) is 18.2 Å². The van der Waals surface area contributed by atoms with E-state index >= 15 is 0 Å². The Morgan fingerprint density at radius 2 is 2.22 bits per heavy atom. The molecule has 0 unspecified atom stereocenters. The van der Waals surface area contributed by atoms with Crippen LogP contribution in [-0.2, 0) is 11.3 Å². The highest BCUT2D eigenvalue weighted by molar-refractivity contribution is 7.99. The van der Waals surface area contributed by atoms with Crippen LogP contribution in [0.15, 0.2) is 23.4 Å². The third-order valence-corrected chi connectivity index (χ3v) is 5.39. The molecule has 2 aromatic rings. The van der Waals surface area contributed by atoms with E-state index in [4.69, 9.17) is 11.6 Å². The van der Waals surface area contributed by atoms with Crippen LogP contribution in [0.1, 0.15) is 39.0 Å². The molecular formula is C17H22ClN3OS. The number of hydrogen-bond acceptors (Lipinski definition) is 3. The van der Waals surface area contributed by atoms with Crippen LogP contribution in [0.25, 0.3) is 11.0 Å². The molecule has 1 saturated carbocycles. The standard InChI is InChI=1S/C17H22ClN3OS/c1-2-9-21-15-8-7-12(18)10-14(15)20-17(21)23-11-16(22)19-13-5-3-4-6-13/h7-8,10,13H,2-6,9,11H2,1H3,(H,19,22). The van der Waals surface area contributed by atoms with Crippen LogP contribution in [0.2, 0.25) is 5.02 Å². The summed E-state index contributed by atoms with van der Waals surface area (Å²) in [7, 11) is 0. The van der Waals surface area contributed by atoms with Gasteiger partial charge in [-0.25, -0.2) is 4.98 Å². The number of nitrogens with one attached hydrogen (secondary N) is 1. The summed E-state index contributed by atoms with van der Waals surface area (Å²) >= 11 is 7.57. The summed E-state index contributed by atoms with van der Waals surface area (Å²) in [5.74, 6) is 0.520. The highest BCUT2D eigenvalue weighted by atomic mass is 35.5. The van der Waals surface area contributed by atoms with E-state index in [9.17, 15) is 4.79 Å². The van der Waals surface area contributed by atoms with Crippen molar-refractivity contribution in [3.63, 3.8) is 0 Å². The van der Waals surface area contributed by atoms with Crippen molar-refractivity contribution < 1.29 is 4.79 Å². The third-order valence-electron chi connectivity index (χ3n) is 4.18. The Kier molecular flexibility index (Phi) is 5.49. The van der Waals surface area contributed by atoms with Crippen molar-refractivity contribution in [3.05, 3.63) is 23.2 Å². The van der Waals surface area contributed by atoms with Gasteiger partial charge in [0.2, 0.25) is 5.91 Å². The minimum absolute atomic E-state index is 0.107. The lowest BCUT2D eigenvalue weighted by Crippen LogP contribution is -2.33. The minimum Gasteiger partial charge on any atom is -0.353 e. The average molecular weight is 352 g/mol. The Morgan fingerprint density at radius 1 is 1.43 bits per heavy atom. The first kappa shape index (κ1) is 16.7. The molecule has 1 heterocycles. The molecule has 1 amide bonds. The molecule has 1 aliphatic carbocycles. The van der Waals surface area contributed by atoms with Crippen molar-refractivity contribution in [1.82, 2.24) is 14.9 Å². The number of carbonyl (C=O) groups excluding carboxylic acids is 1. The first-order valence-electron chi connectivity index (χ1n) is 8.25. The Hall–Kier alpha value is -1.20. The molecule has 124 valence electrons. The highest BCUT2D eigenvalue weighted by Gasteiger charge is 2.18. The van der Waals surface area contributed by atoms with Gasteiger partial charge in [0.05, 0.1) is 16.8 Å². The zero-order valence-electron chi connectivity index (χ0n) is 13.3. The maximum atomic E-state index is 12.1. The van der Waals surface area contributed by atoms with Gasteiger partial charge in [-0.05, 0) is 37.5 Å². The Balaban J connectivity index is 1.70. The molecule has 0 bridgehead atoms. The Labute approximate surface area is 146 Å². The fourth-order valence-corrected chi connectivity index (χ4v) is 4.12. The number of benzene rings is 1. The smallest absolute Gasteiger partial charge is 0.230 e. The minimum atomic E-state index is 0.107. The van der Waals surface area contributed by atoms with Gasteiger partial charge in [0, 0.05) is 17.6 Å². The van der Waals surface area contributed by atoms with Crippen LogP contribution in [0.4, 0.5) is 0 Å². The number of amides is 1. The molecule has 1 aromatic carbocycles. The van der Waals surface area contributed by atoms with Gasteiger partial charge in [0.15, 0.2) is 5.16 Å². The molecule has 0 spiro atoms. The van der Waals surface area contributed by atoms with Gasteiger partial charge in [0.1, 0.15) is 0 Å². The highest BCUT2D eigenvalue weighted by Crippen LogP contribution is 2.26. The molecule has 1 fully saturated rings. The third kappa shape index (κ3) is 4.01. The molecule has 1 aromatic heterocycles. The predicted octanol–water partition coefficient (Wildman–Crippen LogP) is 4.25. The Bertz CT molecular complexity index is 694. The lowest BCUT2D eigenvalue weighted by molar-refractivity contribution is -0.119. The molecule has 0 aliphatic heterocycles. The Morgan fingerprint density at radius 3 is 2.96 bits per heavy atom. The zero-order chi connectivity index (χ0) is 16.2. The van der Waals surface area contributed by atoms with E-state index in [-0.39, 0.29) is 5.91 Å². The number of rotatable bonds is 6. The second-order valence-electron chi connectivity index (χ2n) is 6.02. The number of nitrogens with zero attached hydrogens (tertiary/aromatic N) is 2. The average Bonchev–Trinajstić information content (AvgIpc) is 3.13. The number of thioether (sulfide) groups is 1. The van der Waals surface area contributed by atoms with Crippen LogP contribution in [0.3, 0.4) is 0 Å². The predicted molar refractivity (Wildman–Crippen MR) is 96.2 cm³/mol. The van der Waals surface area contributed by atoms with E-state index < -0.39 is 0 Å². The first-order valence-corrected chi connectivity index (χ1v) is 9.61. The second kappa shape index (κ2) is 7.58. The van der Waals surface area contributed by atoms with E-state index in [1.165, 1.54) is 24.6 Å². The number of fused-ring (bicyclic) bond motifs is 1. The summed E-state index contributed by atoms with van der Waals surface area (Å²) < 4.78 is 2.18. The van der Waals surface area contributed by atoms with Crippen molar-refractivity contribution in [1.29, 1.82) is 0 Å². The number of aromatic nitrogens is 2. The molecule has 3 rings (SSSR count). The lowest BCUT2D eigenvalue weighted by atomic mass is 10.2. The van der Waals surface area contributed by atoms with Crippen LogP contribution in [0, 0.1) is 0 Å². The maximum Gasteiger partial charge on any atom is 0.230 e. The number of aryl methyl sites for hydroxylation is 1. The van der Waals surface area contributed by atoms with E-state index in [0.29, 0.717) is 16.8 Å². The van der Waals surface area contributed by atoms with E-state index in [1.54, 1.807) is 0 Å². The van der Waals surface area contributed by atoms with Crippen LogP contribution >= 0.6 is 23.4 Å². The number of imidazole rings is 1. The molecule has 6 heteroatoms. The van der Waals surface area contributed by atoms with E-state index in [2.05, 4.69) is 21.8 Å². The van der Waals surface area contributed by atoms with Gasteiger partial charge in [-0.1, -0.05) is 43.1 Å². The fraction of sp³-hybridized carbons (Fsp3) is 0.529.